The molecule has 8 heteroatoms. The van der Waals surface area contributed by atoms with Crippen LogP contribution in [0.5, 0.6) is 5.75 Å². The molecule has 116 valence electrons. The molecule has 1 aromatic carbocycles. The minimum atomic E-state index is -3.24. The Hall–Kier alpha value is -1.38. The number of thiazole rings is 1. The number of rotatable bonds is 6. The third-order valence-electron chi connectivity index (χ3n) is 2.74. The molecule has 0 saturated heterocycles. The third kappa shape index (κ3) is 4.55. The molecule has 21 heavy (non-hydrogen) atoms. The van der Waals surface area contributed by atoms with Gasteiger partial charge in [-0.05, 0) is 32.0 Å². The molecule has 6 nitrogen and oxygen atoms in total. The van der Waals surface area contributed by atoms with Crippen molar-refractivity contribution in [3.63, 3.8) is 0 Å². The third-order valence-corrected chi connectivity index (χ3v) is 4.64. The van der Waals surface area contributed by atoms with Crippen molar-refractivity contribution in [2.75, 3.05) is 25.2 Å². The predicted octanol–water partition coefficient (Wildman–Crippen LogP) is 2.04. The van der Waals surface area contributed by atoms with Crippen LogP contribution in [0.25, 0.3) is 10.2 Å². The second-order valence-electron chi connectivity index (χ2n) is 5.46. The largest absolute Gasteiger partial charge is 0.497 e. The minimum absolute atomic E-state index is 0.441. The van der Waals surface area contributed by atoms with Gasteiger partial charge >= 0.3 is 0 Å². The molecule has 0 atom stereocenters. The first-order chi connectivity index (χ1) is 9.68. The molecule has 0 radical (unpaired) electrons. The van der Waals surface area contributed by atoms with E-state index in [2.05, 4.69) is 15.0 Å². The first-order valence-corrected chi connectivity index (χ1v) is 9.07. The van der Waals surface area contributed by atoms with Crippen LogP contribution in [0.15, 0.2) is 18.2 Å². The first kappa shape index (κ1) is 16.0. The summed E-state index contributed by atoms with van der Waals surface area (Å²) in [4.78, 5) is 4.46. The van der Waals surface area contributed by atoms with E-state index in [0.717, 1.165) is 27.4 Å². The van der Waals surface area contributed by atoms with Crippen molar-refractivity contribution in [1.82, 2.24) is 9.71 Å². The van der Waals surface area contributed by atoms with Gasteiger partial charge in [-0.1, -0.05) is 11.3 Å². The number of hydrogen-bond donors (Lipinski definition) is 2. The van der Waals surface area contributed by atoms with Gasteiger partial charge in [0.05, 0.1) is 23.6 Å². The van der Waals surface area contributed by atoms with Gasteiger partial charge in [-0.2, -0.15) is 0 Å². The van der Waals surface area contributed by atoms with Crippen LogP contribution in [-0.2, 0) is 10.0 Å². The number of aromatic nitrogens is 1. The van der Waals surface area contributed by atoms with Crippen LogP contribution >= 0.6 is 11.3 Å². The first-order valence-electron chi connectivity index (χ1n) is 6.36. The lowest BCUT2D eigenvalue weighted by molar-refractivity contribution is 0.415. The summed E-state index contributed by atoms with van der Waals surface area (Å²) in [7, 11) is -1.62. The van der Waals surface area contributed by atoms with Crippen molar-refractivity contribution in [2.24, 2.45) is 0 Å². The van der Waals surface area contributed by atoms with Crippen molar-refractivity contribution in [3.05, 3.63) is 18.2 Å². The van der Waals surface area contributed by atoms with Crippen LogP contribution < -0.4 is 14.8 Å². The molecule has 1 heterocycles. The van der Waals surface area contributed by atoms with Gasteiger partial charge in [0.15, 0.2) is 5.13 Å². The molecular formula is C13H19N3O3S2. The highest BCUT2D eigenvalue weighted by Gasteiger charge is 2.22. The molecule has 0 saturated carbocycles. The zero-order valence-electron chi connectivity index (χ0n) is 12.4. The van der Waals surface area contributed by atoms with Gasteiger partial charge < -0.3 is 10.1 Å². The molecule has 0 spiro atoms. The molecule has 2 rings (SSSR count). The van der Waals surface area contributed by atoms with Gasteiger partial charge in [-0.15, -0.1) is 0 Å². The fourth-order valence-electron chi connectivity index (χ4n) is 1.94. The van der Waals surface area contributed by atoms with Gasteiger partial charge in [0.2, 0.25) is 10.0 Å². The number of hydrogen-bond acceptors (Lipinski definition) is 6. The van der Waals surface area contributed by atoms with E-state index < -0.39 is 15.6 Å². The van der Waals surface area contributed by atoms with E-state index in [1.165, 1.54) is 11.3 Å². The Kier molecular flexibility index (Phi) is 4.40. The molecular weight excluding hydrogens is 310 g/mol. The second-order valence-corrected chi connectivity index (χ2v) is 8.24. The Morgan fingerprint density at radius 3 is 2.71 bits per heavy atom. The highest BCUT2D eigenvalue weighted by molar-refractivity contribution is 7.88. The molecule has 0 aliphatic heterocycles. The molecule has 0 unspecified atom stereocenters. The monoisotopic (exact) mass is 329 g/mol. The molecule has 2 aromatic rings. The van der Waals surface area contributed by atoms with Crippen molar-refractivity contribution < 1.29 is 13.2 Å². The SMILES string of the molecule is COc1ccc2nc(NCC(C)(C)NS(C)(=O)=O)sc2c1. The highest BCUT2D eigenvalue weighted by atomic mass is 32.2. The Morgan fingerprint density at radius 1 is 1.38 bits per heavy atom. The summed E-state index contributed by atoms with van der Waals surface area (Å²) in [5.74, 6) is 0.789. The van der Waals surface area contributed by atoms with Crippen LogP contribution in [0.4, 0.5) is 5.13 Å². The molecule has 2 N–H and O–H groups in total. The van der Waals surface area contributed by atoms with Crippen LogP contribution in [0.2, 0.25) is 0 Å². The molecule has 1 aromatic heterocycles. The highest BCUT2D eigenvalue weighted by Crippen LogP contribution is 2.29. The summed E-state index contributed by atoms with van der Waals surface area (Å²) >= 11 is 1.51. The lowest BCUT2D eigenvalue weighted by Gasteiger charge is -2.25. The van der Waals surface area contributed by atoms with Crippen LogP contribution in [0.3, 0.4) is 0 Å². The maximum Gasteiger partial charge on any atom is 0.209 e. The van der Waals surface area contributed by atoms with Crippen LogP contribution in [0.1, 0.15) is 13.8 Å². The number of methoxy groups -OCH3 is 1. The van der Waals surface area contributed by atoms with E-state index in [1.807, 2.05) is 32.0 Å². The normalized spacial score (nSPS) is 12.6. The maximum absolute atomic E-state index is 11.3. The number of nitrogens with zero attached hydrogens (tertiary/aromatic N) is 1. The van der Waals surface area contributed by atoms with E-state index in [4.69, 9.17) is 4.74 Å². The number of ether oxygens (including phenoxy) is 1. The van der Waals surface area contributed by atoms with E-state index >= 15 is 0 Å². The summed E-state index contributed by atoms with van der Waals surface area (Å²) in [6.07, 6.45) is 1.15. The molecule has 0 aliphatic rings. The van der Waals surface area contributed by atoms with Gasteiger partial charge in [-0.3, -0.25) is 0 Å². The summed E-state index contributed by atoms with van der Waals surface area (Å²) in [6, 6.07) is 5.69. The second kappa shape index (κ2) is 5.78. The zero-order chi connectivity index (χ0) is 15.7. The van der Waals surface area contributed by atoms with Crippen molar-refractivity contribution in [2.45, 2.75) is 19.4 Å². The van der Waals surface area contributed by atoms with Gasteiger partial charge in [0.1, 0.15) is 5.75 Å². The Labute approximate surface area is 128 Å². The molecule has 0 bridgehead atoms. The quantitative estimate of drug-likeness (QED) is 0.848. The maximum atomic E-state index is 11.3. The fourth-order valence-corrected chi connectivity index (χ4v) is 3.91. The van der Waals surface area contributed by atoms with E-state index in [0.29, 0.717) is 6.54 Å². The van der Waals surface area contributed by atoms with Crippen molar-refractivity contribution in [3.8, 4) is 5.75 Å². The summed E-state index contributed by atoms with van der Waals surface area (Å²) < 4.78 is 31.4. The number of anilines is 1. The topological polar surface area (TPSA) is 80.3 Å². The molecule has 0 aliphatic carbocycles. The summed E-state index contributed by atoms with van der Waals surface area (Å²) in [5.41, 5.74) is 0.292. The number of benzene rings is 1. The number of nitrogens with one attached hydrogen (secondary N) is 2. The minimum Gasteiger partial charge on any atom is -0.497 e. The van der Waals surface area contributed by atoms with E-state index in [-0.39, 0.29) is 0 Å². The van der Waals surface area contributed by atoms with E-state index in [1.54, 1.807) is 7.11 Å². The standard InChI is InChI=1S/C13H19N3O3S2/c1-13(2,16-21(4,17)18)8-14-12-15-10-6-5-9(19-3)7-11(10)20-12/h5-7,16H,8H2,1-4H3,(H,14,15). The summed E-state index contributed by atoms with van der Waals surface area (Å²) in [6.45, 7) is 4.08. The van der Waals surface area contributed by atoms with Crippen LogP contribution in [-0.4, -0.2) is 38.9 Å². The van der Waals surface area contributed by atoms with Crippen molar-refractivity contribution >= 4 is 36.7 Å². The average Bonchev–Trinajstić information content (AvgIpc) is 2.75. The van der Waals surface area contributed by atoms with E-state index in [9.17, 15) is 8.42 Å². The predicted molar refractivity (Wildman–Crippen MR) is 86.7 cm³/mol. The van der Waals surface area contributed by atoms with Gasteiger partial charge in [0.25, 0.3) is 0 Å². The molecule has 0 amide bonds. The molecule has 0 fully saturated rings. The Balaban J connectivity index is 2.10. The number of sulfonamides is 1. The zero-order valence-corrected chi connectivity index (χ0v) is 14.1. The van der Waals surface area contributed by atoms with Crippen molar-refractivity contribution in [1.29, 1.82) is 0 Å². The van der Waals surface area contributed by atoms with Crippen LogP contribution in [0, 0.1) is 0 Å². The number of fused-ring (bicyclic) bond motifs is 1. The Morgan fingerprint density at radius 2 is 2.10 bits per heavy atom. The Bertz CT molecular complexity index is 738. The summed E-state index contributed by atoms with van der Waals surface area (Å²) in [5, 5.41) is 3.93. The fraction of sp³-hybridized carbons (Fsp3) is 0.462. The lowest BCUT2D eigenvalue weighted by Crippen LogP contribution is -2.47. The van der Waals surface area contributed by atoms with Gasteiger partial charge in [0, 0.05) is 12.1 Å². The smallest absolute Gasteiger partial charge is 0.209 e. The lowest BCUT2D eigenvalue weighted by atomic mass is 10.1. The van der Waals surface area contributed by atoms with Gasteiger partial charge in [-0.25, -0.2) is 18.1 Å². The average molecular weight is 329 g/mol.